The molecule has 0 radical (unpaired) electrons. The van der Waals surface area contributed by atoms with Crippen molar-refractivity contribution in [1.82, 2.24) is 0 Å². The number of nitrogens with zero attached hydrogens (tertiary/aromatic N) is 1. The van der Waals surface area contributed by atoms with Crippen LogP contribution in [0, 0.1) is 17.0 Å². The maximum Gasteiger partial charge on any atom is 0.293 e. The van der Waals surface area contributed by atoms with Crippen molar-refractivity contribution in [3.8, 4) is 0 Å². The third kappa shape index (κ3) is 4.29. The second-order valence-corrected chi connectivity index (χ2v) is 5.12. The standard InChI is InChI=1S/C16H16N4O4/c1-10-2-7-13(14(8-10)20(23)24)19-15(21)9-18-12-5-3-11(4-6-12)16(17)22/h2-8,18H,9H2,1H3,(H2,17,22)(H,19,21). The number of benzene rings is 2. The number of aryl methyl sites for hydroxylation is 1. The number of primary amides is 1. The van der Waals surface area contributed by atoms with Crippen LogP contribution in [-0.4, -0.2) is 23.3 Å². The average Bonchev–Trinajstić information content (AvgIpc) is 2.54. The average molecular weight is 328 g/mol. The first kappa shape index (κ1) is 16.9. The van der Waals surface area contributed by atoms with Crippen molar-refractivity contribution < 1.29 is 14.5 Å². The second-order valence-electron chi connectivity index (χ2n) is 5.12. The number of nitro benzene ring substituents is 1. The highest BCUT2D eigenvalue weighted by Gasteiger charge is 2.15. The molecule has 0 fully saturated rings. The van der Waals surface area contributed by atoms with E-state index in [4.69, 9.17) is 5.73 Å². The molecule has 24 heavy (non-hydrogen) atoms. The normalized spacial score (nSPS) is 10.0. The summed E-state index contributed by atoms with van der Waals surface area (Å²) in [6, 6.07) is 10.9. The zero-order valence-corrected chi connectivity index (χ0v) is 12.9. The van der Waals surface area contributed by atoms with Gasteiger partial charge in [-0.3, -0.25) is 19.7 Å². The number of amides is 2. The Hall–Kier alpha value is -3.42. The Kier molecular flexibility index (Phi) is 5.10. The summed E-state index contributed by atoms with van der Waals surface area (Å²) in [5, 5.41) is 16.4. The van der Waals surface area contributed by atoms with Crippen LogP contribution in [0.5, 0.6) is 0 Å². The van der Waals surface area contributed by atoms with Crippen molar-refractivity contribution in [2.24, 2.45) is 5.73 Å². The summed E-state index contributed by atoms with van der Waals surface area (Å²) in [4.78, 5) is 33.4. The SMILES string of the molecule is Cc1ccc(NC(=O)CNc2ccc(C(N)=O)cc2)c([N+](=O)[O-])c1. The minimum Gasteiger partial charge on any atom is -0.376 e. The second kappa shape index (κ2) is 7.23. The molecule has 8 nitrogen and oxygen atoms in total. The van der Waals surface area contributed by atoms with E-state index in [1.54, 1.807) is 25.1 Å². The van der Waals surface area contributed by atoms with E-state index in [9.17, 15) is 19.7 Å². The maximum atomic E-state index is 12.0. The molecule has 2 amide bonds. The first-order valence-corrected chi connectivity index (χ1v) is 7.05. The summed E-state index contributed by atoms with van der Waals surface area (Å²) in [7, 11) is 0. The van der Waals surface area contributed by atoms with E-state index in [1.165, 1.54) is 24.3 Å². The predicted molar refractivity (Wildman–Crippen MR) is 89.9 cm³/mol. The molecule has 2 aromatic carbocycles. The van der Waals surface area contributed by atoms with Crippen molar-refractivity contribution in [1.29, 1.82) is 0 Å². The van der Waals surface area contributed by atoms with Gasteiger partial charge in [0.05, 0.1) is 11.5 Å². The number of nitrogens with one attached hydrogen (secondary N) is 2. The predicted octanol–water partition coefficient (Wildman–Crippen LogP) is 2.05. The fourth-order valence-corrected chi connectivity index (χ4v) is 2.03. The molecule has 0 unspecified atom stereocenters. The van der Waals surface area contributed by atoms with E-state index in [0.29, 0.717) is 11.3 Å². The fraction of sp³-hybridized carbons (Fsp3) is 0.125. The van der Waals surface area contributed by atoms with Crippen LogP contribution in [0.2, 0.25) is 0 Å². The molecule has 0 saturated carbocycles. The van der Waals surface area contributed by atoms with Gasteiger partial charge >= 0.3 is 0 Å². The topological polar surface area (TPSA) is 127 Å². The highest BCUT2D eigenvalue weighted by Crippen LogP contribution is 2.25. The lowest BCUT2D eigenvalue weighted by Gasteiger charge is -2.09. The van der Waals surface area contributed by atoms with Crippen LogP contribution in [0.25, 0.3) is 0 Å². The highest BCUT2D eigenvalue weighted by atomic mass is 16.6. The van der Waals surface area contributed by atoms with Gasteiger partial charge in [-0.2, -0.15) is 0 Å². The number of hydrogen-bond acceptors (Lipinski definition) is 5. The maximum absolute atomic E-state index is 12.0. The number of carbonyl (C=O) groups excluding carboxylic acids is 2. The molecule has 0 aliphatic heterocycles. The third-order valence-corrected chi connectivity index (χ3v) is 3.25. The molecule has 2 aromatic rings. The van der Waals surface area contributed by atoms with Crippen molar-refractivity contribution in [3.63, 3.8) is 0 Å². The number of nitrogens with two attached hydrogens (primary N) is 1. The Morgan fingerprint density at radius 1 is 1.17 bits per heavy atom. The Morgan fingerprint density at radius 3 is 2.42 bits per heavy atom. The number of anilines is 2. The molecule has 0 heterocycles. The minimum absolute atomic E-state index is 0.0824. The number of hydrogen-bond donors (Lipinski definition) is 3. The van der Waals surface area contributed by atoms with Crippen LogP contribution in [0.15, 0.2) is 42.5 Å². The van der Waals surface area contributed by atoms with Crippen LogP contribution in [0.1, 0.15) is 15.9 Å². The first-order valence-electron chi connectivity index (χ1n) is 7.05. The van der Waals surface area contributed by atoms with E-state index >= 15 is 0 Å². The number of carbonyl (C=O) groups is 2. The Labute approximate surface area is 137 Å². The first-order chi connectivity index (χ1) is 11.4. The summed E-state index contributed by atoms with van der Waals surface area (Å²) >= 11 is 0. The number of nitro groups is 1. The van der Waals surface area contributed by atoms with Crippen LogP contribution in [0.4, 0.5) is 17.1 Å². The Morgan fingerprint density at radius 2 is 1.83 bits per heavy atom. The van der Waals surface area contributed by atoms with Gasteiger partial charge in [-0.1, -0.05) is 6.07 Å². The summed E-state index contributed by atoms with van der Waals surface area (Å²) in [6.45, 7) is 1.65. The van der Waals surface area contributed by atoms with Gasteiger partial charge in [0.25, 0.3) is 5.69 Å². The lowest BCUT2D eigenvalue weighted by molar-refractivity contribution is -0.384. The molecule has 0 bridgehead atoms. The largest absolute Gasteiger partial charge is 0.376 e. The summed E-state index contributed by atoms with van der Waals surface area (Å²) in [5.74, 6) is -0.966. The van der Waals surface area contributed by atoms with Crippen molar-refractivity contribution >= 4 is 28.9 Å². The van der Waals surface area contributed by atoms with Crippen molar-refractivity contribution in [2.75, 3.05) is 17.2 Å². The molecular weight excluding hydrogens is 312 g/mol. The quantitative estimate of drug-likeness (QED) is 0.552. The highest BCUT2D eigenvalue weighted by molar-refractivity contribution is 5.96. The molecule has 124 valence electrons. The van der Waals surface area contributed by atoms with Gasteiger partial charge in [-0.25, -0.2) is 0 Å². The fourth-order valence-electron chi connectivity index (χ4n) is 2.03. The smallest absolute Gasteiger partial charge is 0.293 e. The zero-order chi connectivity index (χ0) is 17.7. The van der Waals surface area contributed by atoms with Crippen LogP contribution >= 0.6 is 0 Å². The van der Waals surface area contributed by atoms with Crippen molar-refractivity contribution in [3.05, 3.63) is 63.7 Å². The summed E-state index contributed by atoms with van der Waals surface area (Å²) in [5.41, 5.74) is 6.83. The van der Waals surface area contributed by atoms with Crippen LogP contribution in [0.3, 0.4) is 0 Å². The van der Waals surface area contributed by atoms with Gasteiger partial charge in [-0.05, 0) is 42.8 Å². The number of rotatable bonds is 6. The molecule has 2 rings (SSSR count). The lowest BCUT2D eigenvalue weighted by atomic mass is 10.2. The van der Waals surface area contributed by atoms with Gasteiger partial charge in [0.1, 0.15) is 5.69 Å². The van der Waals surface area contributed by atoms with Gasteiger partial charge < -0.3 is 16.4 Å². The van der Waals surface area contributed by atoms with Crippen molar-refractivity contribution in [2.45, 2.75) is 6.92 Å². The monoisotopic (exact) mass is 328 g/mol. The van der Waals surface area contributed by atoms with E-state index in [2.05, 4.69) is 10.6 Å². The van der Waals surface area contributed by atoms with Gasteiger partial charge in [-0.15, -0.1) is 0 Å². The molecule has 0 saturated heterocycles. The Bertz CT molecular complexity index is 787. The third-order valence-electron chi connectivity index (χ3n) is 3.25. The van der Waals surface area contributed by atoms with E-state index < -0.39 is 16.7 Å². The molecule has 0 atom stereocenters. The Balaban J connectivity index is 1.99. The molecule has 0 spiro atoms. The van der Waals surface area contributed by atoms with E-state index in [-0.39, 0.29) is 17.9 Å². The minimum atomic E-state index is -0.543. The van der Waals surface area contributed by atoms with E-state index in [1.807, 2.05) is 0 Å². The lowest BCUT2D eigenvalue weighted by Crippen LogP contribution is -2.22. The summed E-state index contributed by atoms with van der Waals surface area (Å²) in [6.07, 6.45) is 0. The molecular formula is C16H16N4O4. The molecule has 4 N–H and O–H groups in total. The summed E-state index contributed by atoms with van der Waals surface area (Å²) < 4.78 is 0. The van der Waals surface area contributed by atoms with Gasteiger partial charge in [0, 0.05) is 17.3 Å². The molecule has 0 aromatic heterocycles. The van der Waals surface area contributed by atoms with E-state index in [0.717, 1.165) is 5.56 Å². The molecule has 0 aliphatic rings. The van der Waals surface area contributed by atoms with Crippen LogP contribution in [-0.2, 0) is 4.79 Å². The molecule has 0 aliphatic carbocycles. The van der Waals surface area contributed by atoms with Crippen LogP contribution < -0.4 is 16.4 Å². The zero-order valence-electron chi connectivity index (χ0n) is 12.9. The molecule has 8 heteroatoms. The van der Waals surface area contributed by atoms with Gasteiger partial charge in [0.15, 0.2) is 0 Å². The van der Waals surface area contributed by atoms with Gasteiger partial charge in [0.2, 0.25) is 11.8 Å².